The van der Waals surface area contributed by atoms with Crippen LogP contribution < -0.4 is 5.32 Å². The van der Waals surface area contributed by atoms with E-state index in [4.69, 9.17) is 0 Å². The predicted octanol–water partition coefficient (Wildman–Crippen LogP) is 4.35. The van der Waals surface area contributed by atoms with Crippen molar-refractivity contribution in [3.63, 3.8) is 0 Å². The first-order valence-corrected chi connectivity index (χ1v) is 9.97. The van der Waals surface area contributed by atoms with Crippen LogP contribution in [0.15, 0.2) is 60.9 Å². The Hall–Kier alpha value is -3.54. The third-order valence-electron chi connectivity index (χ3n) is 5.27. The lowest BCUT2D eigenvalue weighted by atomic mass is 9.87. The van der Waals surface area contributed by atoms with Crippen LogP contribution in [0.25, 0.3) is 16.5 Å². The monoisotopic (exact) mass is 399 g/mol. The van der Waals surface area contributed by atoms with E-state index in [9.17, 15) is 4.79 Å². The van der Waals surface area contributed by atoms with Crippen LogP contribution in [0.4, 0.5) is 0 Å². The fourth-order valence-corrected chi connectivity index (χ4v) is 3.45. The maximum atomic E-state index is 12.7. The molecule has 0 saturated heterocycles. The van der Waals surface area contributed by atoms with Gasteiger partial charge in [0.1, 0.15) is 0 Å². The Balaban J connectivity index is 1.53. The fraction of sp³-hybridized carbons (Fsp3) is 0.250. The highest BCUT2D eigenvalue weighted by atomic mass is 16.2. The molecule has 0 fully saturated rings. The van der Waals surface area contributed by atoms with Crippen LogP contribution in [-0.2, 0) is 12.0 Å². The number of hydrogen-bond donors (Lipinski definition) is 1. The fourth-order valence-electron chi connectivity index (χ4n) is 3.45. The number of rotatable bonds is 4. The molecule has 6 nitrogen and oxygen atoms in total. The number of amides is 1. The highest BCUT2D eigenvalue weighted by Gasteiger charge is 2.18. The highest BCUT2D eigenvalue weighted by molar-refractivity contribution is 5.94. The Morgan fingerprint density at radius 3 is 2.57 bits per heavy atom. The molecule has 1 amide bonds. The van der Waals surface area contributed by atoms with Crippen LogP contribution in [0.1, 0.15) is 48.1 Å². The molecule has 0 spiro atoms. The molecule has 6 heteroatoms. The number of benzene rings is 2. The number of hydrogen-bond acceptors (Lipinski definition) is 4. The summed E-state index contributed by atoms with van der Waals surface area (Å²) in [7, 11) is 0. The predicted molar refractivity (Wildman–Crippen MR) is 118 cm³/mol. The summed E-state index contributed by atoms with van der Waals surface area (Å²) in [6.45, 7) is 8.84. The van der Waals surface area contributed by atoms with Crippen molar-refractivity contribution in [2.75, 3.05) is 0 Å². The molecule has 4 aromatic rings. The van der Waals surface area contributed by atoms with Gasteiger partial charge in [0.15, 0.2) is 5.69 Å². The minimum atomic E-state index is -0.236. The van der Waals surface area contributed by atoms with Crippen molar-refractivity contribution in [3.05, 3.63) is 83.4 Å². The maximum Gasteiger partial charge on any atom is 0.274 e. The number of pyridine rings is 1. The molecular weight excluding hydrogens is 374 g/mol. The Bertz CT molecular complexity index is 1200. The molecule has 152 valence electrons. The lowest BCUT2D eigenvalue weighted by Crippen LogP contribution is -2.24. The second-order valence-corrected chi connectivity index (χ2v) is 8.44. The number of carbonyl (C=O) groups is 1. The SMILES string of the molecule is Cc1c(C(=O)NCc2ccc(C(C)(C)C)cc2)nnn1-c1cccc2cnccc12. The zero-order valence-corrected chi connectivity index (χ0v) is 17.7. The van der Waals surface area contributed by atoms with Gasteiger partial charge >= 0.3 is 0 Å². The topological polar surface area (TPSA) is 72.7 Å². The molecule has 0 atom stereocenters. The van der Waals surface area contributed by atoms with E-state index in [0.717, 1.165) is 22.0 Å². The third-order valence-corrected chi connectivity index (χ3v) is 5.27. The Morgan fingerprint density at radius 1 is 1.07 bits per heavy atom. The third kappa shape index (κ3) is 3.81. The van der Waals surface area contributed by atoms with Crippen molar-refractivity contribution in [3.8, 4) is 5.69 Å². The van der Waals surface area contributed by atoms with Crippen LogP contribution in [0, 0.1) is 6.92 Å². The summed E-state index contributed by atoms with van der Waals surface area (Å²) in [5.41, 5.74) is 4.31. The van der Waals surface area contributed by atoms with Crippen molar-refractivity contribution in [1.82, 2.24) is 25.3 Å². The van der Waals surface area contributed by atoms with Gasteiger partial charge in [-0.2, -0.15) is 0 Å². The van der Waals surface area contributed by atoms with Crippen LogP contribution in [0.3, 0.4) is 0 Å². The summed E-state index contributed by atoms with van der Waals surface area (Å²) in [5.74, 6) is -0.236. The number of nitrogens with zero attached hydrogens (tertiary/aromatic N) is 4. The van der Waals surface area contributed by atoms with E-state index in [1.54, 1.807) is 10.9 Å². The number of nitrogens with one attached hydrogen (secondary N) is 1. The van der Waals surface area contributed by atoms with Crippen molar-refractivity contribution in [1.29, 1.82) is 0 Å². The van der Waals surface area contributed by atoms with E-state index in [0.29, 0.717) is 17.9 Å². The lowest BCUT2D eigenvalue weighted by molar-refractivity contribution is 0.0945. The van der Waals surface area contributed by atoms with E-state index in [1.165, 1.54) is 5.56 Å². The minimum absolute atomic E-state index is 0.106. The van der Waals surface area contributed by atoms with Gasteiger partial charge in [-0.3, -0.25) is 9.78 Å². The molecule has 1 N–H and O–H groups in total. The van der Waals surface area contributed by atoms with Gasteiger partial charge in [-0.1, -0.05) is 62.4 Å². The average Bonchev–Trinajstić information content (AvgIpc) is 3.12. The zero-order valence-electron chi connectivity index (χ0n) is 17.7. The molecule has 0 saturated carbocycles. The van der Waals surface area contributed by atoms with E-state index < -0.39 is 0 Å². The van der Waals surface area contributed by atoms with E-state index in [1.807, 2.05) is 37.4 Å². The summed E-state index contributed by atoms with van der Waals surface area (Å²) in [4.78, 5) is 16.9. The van der Waals surface area contributed by atoms with E-state index in [2.05, 4.69) is 65.6 Å². The van der Waals surface area contributed by atoms with Crippen LogP contribution in [0.2, 0.25) is 0 Å². The Kier molecular flexibility index (Phi) is 5.08. The van der Waals surface area contributed by atoms with Gasteiger partial charge in [0.05, 0.1) is 11.4 Å². The molecule has 0 aliphatic rings. The minimum Gasteiger partial charge on any atom is -0.347 e. The molecule has 4 rings (SSSR count). The van der Waals surface area contributed by atoms with Gasteiger partial charge in [-0.25, -0.2) is 4.68 Å². The van der Waals surface area contributed by atoms with Crippen LogP contribution in [-0.4, -0.2) is 25.9 Å². The zero-order chi connectivity index (χ0) is 21.3. The van der Waals surface area contributed by atoms with E-state index >= 15 is 0 Å². The molecular formula is C24H25N5O. The first kappa shape index (κ1) is 19.8. The average molecular weight is 399 g/mol. The number of carbonyl (C=O) groups excluding carboxylic acids is 1. The summed E-state index contributed by atoms with van der Waals surface area (Å²) in [5, 5.41) is 13.3. The second kappa shape index (κ2) is 7.71. The molecule has 2 heterocycles. The quantitative estimate of drug-likeness (QED) is 0.554. The first-order valence-electron chi connectivity index (χ1n) is 9.97. The number of fused-ring (bicyclic) bond motifs is 1. The van der Waals surface area contributed by atoms with Crippen molar-refractivity contribution in [2.24, 2.45) is 0 Å². The van der Waals surface area contributed by atoms with Gasteiger partial charge in [0.25, 0.3) is 5.91 Å². The van der Waals surface area contributed by atoms with Gasteiger partial charge in [-0.15, -0.1) is 5.10 Å². The van der Waals surface area contributed by atoms with Gasteiger partial charge in [-0.05, 0) is 35.6 Å². The second-order valence-electron chi connectivity index (χ2n) is 8.44. The standard InChI is InChI=1S/C24H25N5O/c1-16-22(23(30)26-14-17-8-10-19(11-9-17)24(2,3)4)27-28-29(16)21-7-5-6-18-15-25-13-12-20(18)21/h5-13,15H,14H2,1-4H3,(H,26,30). The van der Waals surface area contributed by atoms with Crippen molar-refractivity contribution < 1.29 is 4.79 Å². The molecule has 2 aromatic heterocycles. The summed E-state index contributed by atoms with van der Waals surface area (Å²) >= 11 is 0. The van der Waals surface area contributed by atoms with E-state index in [-0.39, 0.29) is 11.3 Å². The molecule has 0 unspecified atom stereocenters. The summed E-state index contributed by atoms with van der Waals surface area (Å²) in [6, 6.07) is 16.2. The number of aromatic nitrogens is 4. The lowest BCUT2D eigenvalue weighted by Gasteiger charge is -2.19. The summed E-state index contributed by atoms with van der Waals surface area (Å²) < 4.78 is 1.70. The molecule has 0 aliphatic carbocycles. The summed E-state index contributed by atoms with van der Waals surface area (Å²) in [6.07, 6.45) is 3.56. The van der Waals surface area contributed by atoms with Crippen LogP contribution in [0.5, 0.6) is 0 Å². The van der Waals surface area contributed by atoms with Gasteiger partial charge in [0.2, 0.25) is 0 Å². The molecule has 2 aromatic carbocycles. The highest BCUT2D eigenvalue weighted by Crippen LogP contribution is 2.23. The van der Waals surface area contributed by atoms with Gasteiger partial charge in [0, 0.05) is 29.7 Å². The normalized spacial score (nSPS) is 11.6. The molecule has 0 bridgehead atoms. The van der Waals surface area contributed by atoms with Crippen molar-refractivity contribution >= 4 is 16.7 Å². The Morgan fingerprint density at radius 2 is 1.83 bits per heavy atom. The smallest absolute Gasteiger partial charge is 0.274 e. The Labute approximate surface area is 176 Å². The molecule has 0 radical (unpaired) electrons. The van der Waals surface area contributed by atoms with Crippen molar-refractivity contribution in [2.45, 2.75) is 39.7 Å². The van der Waals surface area contributed by atoms with Crippen LogP contribution >= 0.6 is 0 Å². The molecule has 0 aliphatic heterocycles. The van der Waals surface area contributed by atoms with Gasteiger partial charge < -0.3 is 5.32 Å². The molecule has 30 heavy (non-hydrogen) atoms. The first-order chi connectivity index (χ1) is 14.3. The largest absolute Gasteiger partial charge is 0.347 e. The maximum absolute atomic E-state index is 12.7.